The lowest BCUT2D eigenvalue weighted by Crippen LogP contribution is -2.35. The first-order valence-electron chi connectivity index (χ1n) is 10.9. The number of fused-ring (bicyclic) bond motifs is 2. The molecular formula is C23H28N2O5. The molecule has 30 heavy (non-hydrogen) atoms. The molecule has 7 heteroatoms. The molecule has 4 rings (SSSR count). The maximum absolute atomic E-state index is 12.4. The van der Waals surface area contributed by atoms with Crippen LogP contribution in [0.1, 0.15) is 62.1 Å². The van der Waals surface area contributed by atoms with Gasteiger partial charge in [-0.2, -0.15) is 0 Å². The molecule has 160 valence electrons. The smallest absolute Gasteiger partial charge is 0.308 e. The number of aryl methyl sites for hydroxylation is 1. The lowest BCUT2D eigenvalue weighted by atomic mass is 9.81. The first kappa shape index (κ1) is 20.6. The van der Waals surface area contributed by atoms with Crippen molar-refractivity contribution >= 4 is 23.7 Å². The van der Waals surface area contributed by atoms with Crippen LogP contribution in [0.2, 0.25) is 0 Å². The van der Waals surface area contributed by atoms with Gasteiger partial charge in [-0.3, -0.25) is 24.1 Å². The summed E-state index contributed by atoms with van der Waals surface area (Å²) in [4.78, 5) is 50.4. The number of hydrogen-bond acceptors (Lipinski definition) is 5. The van der Waals surface area contributed by atoms with Crippen molar-refractivity contribution in [3.05, 3.63) is 35.4 Å². The molecule has 0 bridgehead atoms. The number of rotatable bonds is 6. The zero-order chi connectivity index (χ0) is 21.1. The number of esters is 1. The molecule has 3 aliphatic rings. The van der Waals surface area contributed by atoms with Gasteiger partial charge in [-0.1, -0.05) is 37.1 Å². The monoisotopic (exact) mass is 412 g/mol. The highest BCUT2D eigenvalue weighted by Crippen LogP contribution is 2.38. The first-order chi connectivity index (χ1) is 14.5. The molecule has 1 aromatic carbocycles. The molecule has 3 amide bonds. The maximum atomic E-state index is 12.4. The second-order valence-corrected chi connectivity index (χ2v) is 8.45. The van der Waals surface area contributed by atoms with Gasteiger partial charge >= 0.3 is 5.97 Å². The summed E-state index contributed by atoms with van der Waals surface area (Å²) in [6.07, 6.45) is 6.22. The molecule has 0 radical (unpaired) electrons. The van der Waals surface area contributed by atoms with Crippen LogP contribution in [-0.2, 0) is 30.3 Å². The molecule has 7 nitrogen and oxygen atoms in total. The normalized spacial score (nSPS) is 25.5. The second kappa shape index (κ2) is 8.98. The zero-order valence-corrected chi connectivity index (χ0v) is 17.1. The van der Waals surface area contributed by atoms with Crippen molar-refractivity contribution < 1.29 is 23.9 Å². The number of ether oxygens (including phenoxy) is 1. The van der Waals surface area contributed by atoms with Gasteiger partial charge in [-0.05, 0) is 43.2 Å². The molecule has 1 saturated carbocycles. The third kappa shape index (κ3) is 4.25. The Bertz CT molecular complexity index is 828. The number of nitrogens with one attached hydrogen (secondary N) is 1. The van der Waals surface area contributed by atoms with Crippen LogP contribution >= 0.6 is 0 Å². The number of carbonyl (C=O) groups excluding carboxylic acids is 4. The van der Waals surface area contributed by atoms with Crippen molar-refractivity contribution in [1.29, 1.82) is 0 Å². The Morgan fingerprint density at radius 1 is 1.00 bits per heavy atom. The van der Waals surface area contributed by atoms with Gasteiger partial charge < -0.3 is 10.1 Å². The SMILES string of the molecule is O=C(COC(=O)CCN1C(=O)[C@H]2CCCC[C@H]2C1=O)N[C@H]1CCCc2ccccc21. The average Bonchev–Trinajstić information content (AvgIpc) is 3.01. The van der Waals surface area contributed by atoms with Crippen LogP contribution < -0.4 is 5.32 Å². The minimum Gasteiger partial charge on any atom is -0.456 e. The first-order valence-corrected chi connectivity index (χ1v) is 10.9. The molecule has 1 saturated heterocycles. The third-order valence-corrected chi connectivity index (χ3v) is 6.54. The van der Waals surface area contributed by atoms with Gasteiger partial charge in [0.05, 0.1) is 24.3 Å². The number of likely N-dealkylation sites (tertiary alicyclic amines) is 1. The zero-order valence-electron chi connectivity index (χ0n) is 17.1. The quantitative estimate of drug-likeness (QED) is 0.572. The van der Waals surface area contributed by atoms with Crippen LogP contribution in [0.5, 0.6) is 0 Å². The van der Waals surface area contributed by atoms with Crippen LogP contribution in [-0.4, -0.2) is 41.7 Å². The molecule has 0 spiro atoms. The highest BCUT2D eigenvalue weighted by molar-refractivity contribution is 6.05. The van der Waals surface area contributed by atoms with Crippen molar-refractivity contribution in [2.45, 2.75) is 57.4 Å². The van der Waals surface area contributed by atoms with Crippen LogP contribution in [0.15, 0.2) is 24.3 Å². The molecule has 1 aliphatic heterocycles. The summed E-state index contributed by atoms with van der Waals surface area (Å²) < 4.78 is 5.08. The molecule has 3 atom stereocenters. The van der Waals surface area contributed by atoms with Gasteiger partial charge in [0.15, 0.2) is 6.61 Å². The summed E-state index contributed by atoms with van der Waals surface area (Å²) >= 11 is 0. The van der Waals surface area contributed by atoms with E-state index in [0.717, 1.165) is 50.5 Å². The maximum Gasteiger partial charge on any atom is 0.308 e. The van der Waals surface area contributed by atoms with E-state index in [1.165, 1.54) is 10.5 Å². The minimum atomic E-state index is -0.579. The fourth-order valence-electron chi connectivity index (χ4n) is 5.01. The lowest BCUT2D eigenvalue weighted by Gasteiger charge is -2.26. The molecule has 2 fully saturated rings. The number of benzene rings is 1. The van der Waals surface area contributed by atoms with E-state index in [1.54, 1.807) is 0 Å². The van der Waals surface area contributed by atoms with Crippen molar-refractivity contribution in [2.24, 2.45) is 11.8 Å². The van der Waals surface area contributed by atoms with E-state index < -0.39 is 5.97 Å². The molecule has 1 N–H and O–H groups in total. The summed E-state index contributed by atoms with van der Waals surface area (Å²) in [5.41, 5.74) is 2.36. The molecule has 0 unspecified atom stereocenters. The van der Waals surface area contributed by atoms with Gasteiger partial charge in [0, 0.05) is 6.54 Å². The van der Waals surface area contributed by atoms with E-state index in [9.17, 15) is 19.2 Å². The van der Waals surface area contributed by atoms with E-state index >= 15 is 0 Å². The number of hydrogen-bond donors (Lipinski definition) is 1. The lowest BCUT2D eigenvalue weighted by molar-refractivity contribution is -0.150. The van der Waals surface area contributed by atoms with E-state index in [4.69, 9.17) is 4.74 Å². The Hall–Kier alpha value is -2.70. The van der Waals surface area contributed by atoms with Crippen molar-refractivity contribution in [3.63, 3.8) is 0 Å². The number of amides is 3. The molecule has 2 aliphatic carbocycles. The molecule has 1 heterocycles. The Balaban J connectivity index is 1.22. The predicted molar refractivity (Wildman–Crippen MR) is 108 cm³/mol. The van der Waals surface area contributed by atoms with E-state index in [0.29, 0.717) is 0 Å². The highest BCUT2D eigenvalue weighted by Gasteiger charge is 2.47. The largest absolute Gasteiger partial charge is 0.456 e. The fraction of sp³-hybridized carbons (Fsp3) is 0.565. The standard InChI is InChI=1S/C23H28N2O5/c26-20(24-19-11-5-7-15-6-1-2-8-16(15)19)14-30-21(27)12-13-25-22(28)17-9-3-4-10-18(17)23(25)29/h1-2,6,8,17-19H,3-5,7,9-14H2,(H,24,26)/t17-,18+,19-/m0/s1. The van der Waals surface area contributed by atoms with E-state index in [2.05, 4.69) is 11.4 Å². The van der Waals surface area contributed by atoms with Crippen molar-refractivity contribution in [3.8, 4) is 0 Å². The van der Waals surface area contributed by atoms with Gasteiger partial charge in [0.2, 0.25) is 11.8 Å². The summed E-state index contributed by atoms with van der Waals surface area (Å²) in [6.45, 7) is -0.328. The van der Waals surface area contributed by atoms with Gasteiger partial charge in [-0.15, -0.1) is 0 Å². The van der Waals surface area contributed by atoms with Crippen LogP contribution in [0.3, 0.4) is 0 Å². The van der Waals surface area contributed by atoms with Crippen molar-refractivity contribution in [1.82, 2.24) is 10.2 Å². The fourth-order valence-corrected chi connectivity index (χ4v) is 5.01. The van der Waals surface area contributed by atoms with E-state index in [-0.39, 0.29) is 55.2 Å². The third-order valence-electron chi connectivity index (χ3n) is 6.54. The topological polar surface area (TPSA) is 92.8 Å². The minimum absolute atomic E-state index is 0.0289. The summed E-state index contributed by atoms with van der Waals surface area (Å²) in [6, 6.07) is 7.98. The number of nitrogens with zero attached hydrogens (tertiary/aromatic N) is 1. The van der Waals surface area contributed by atoms with Crippen LogP contribution in [0.4, 0.5) is 0 Å². The van der Waals surface area contributed by atoms with Gasteiger partial charge in [-0.25, -0.2) is 0 Å². The molecular weight excluding hydrogens is 384 g/mol. The van der Waals surface area contributed by atoms with Gasteiger partial charge in [0.25, 0.3) is 5.91 Å². The summed E-state index contributed by atoms with van der Waals surface area (Å²) in [5.74, 6) is -1.68. The molecule has 0 aromatic heterocycles. The summed E-state index contributed by atoms with van der Waals surface area (Å²) in [5, 5.41) is 2.94. The Labute approximate surface area is 176 Å². The Morgan fingerprint density at radius 3 is 2.43 bits per heavy atom. The van der Waals surface area contributed by atoms with E-state index in [1.807, 2.05) is 18.2 Å². The highest BCUT2D eigenvalue weighted by atomic mass is 16.5. The van der Waals surface area contributed by atoms with Crippen LogP contribution in [0.25, 0.3) is 0 Å². The average molecular weight is 412 g/mol. The van der Waals surface area contributed by atoms with Crippen molar-refractivity contribution in [2.75, 3.05) is 13.2 Å². The Kier molecular flexibility index (Phi) is 6.16. The molecule has 1 aromatic rings. The predicted octanol–water partition coefficient (Wildman–Crippen LogP) is 2.29. The van der Waals surface area contributed by atoms with Gasteiger partial charge in [0.1, 0.15) is 0 Å². The Morgan fingerprint density at radius 2 is 1.70 bits per heavy atom. The second-order valence-electron chi connectivity index (χ2n) is 8.45. The summed E-state index contributed by atoms with van der Waals surface area (Å²) in [7, 11) is 0. The number of imide groups is 1. The van der Waals surface area contributed by atoms with Crippen LogP contribution in [0, 0.1) is 11.8 Å². The number of carbonyl (C=O) groups is 4.